The molecular formula is C20H22F3N3O3. The summed E-state index contributed by atoms with van der Waals surface area (Å²) in [6.45, 7) is 1.56. The summed E-state index contributed by atoms with van der Waals surface area (Å²) < 4.78 is 44.8. The van der Waals surface area contributed by atoms with Crippen molar-refractivity contribution >= 4 is 17.4 Å². The quantitative estimate of drug-likeness (QED) is 0.708. The van der Waals surface area contributed by atoms with Gasteiger partial charge in [-0.05, 0) is 23.8 Å². The molecule has 2 amide bonds. The number of amides is 2. The molecule has 1 unspecified atom stereocenters. The summed E-state index contributed by atoms with van der Waals surface area (Å²) in [6, 6.07) is 10.7. The van der Waals surface area contributed by atoms with Crippen molar-refractivity contribution in [3.63, 3.8) is 0 Å². The average Bonchev–Trinajstić information content (AvgIpc) is 2.72. The first-order valence-electron chi connectivity index (χ1n) is 9.16. The monoisotopic (exact) mass is 409 g/mol. The highest BCUT2D eigenvalue weighted by atomic mass is 19.4. The molecule has 1 saturated heterocycles. The van der Waals surface area contributed by atoms with Crippen molar-refractivity contribution in [1.82, 2.24) is 5.32 Å². The number of hydrogen-bond donors (Lipinski definition) is 3. The zero-order valence-corrected chi connectivity index (χ0v) is 15.6. The number of nitrogens with zero attached hydrogens (tertiary/aromatic N) is 1. The van der Waals surface area contributed by atoms with E-state index in [4.69, 9.17) is 4.74 Å². The Morgan fingerprint density at radius 2 is 1.83 bits per heavy atom. The second-order valence-corrected chi connectivity index (χ2v) is 6.57. The van der Waals surface area contributed by atoms with Gasteiger partial charge in [-0.1, -0.05) is 30.3 Å². The van der Waals surface area contributed by atoms with Crippen molar-refractivity contribution in [2.45, 2.75) is 12.2 Å². The van der Waals surface area contributed by atoms with Gasteiger partial charge >= 0.3 is 12.2 Å². The smallest absolute Gasteiger partial charge is 0.394 e. The third kappa shape index (κ3) is 5.39. The minimum absolute atomic E-state index is 0.0453. The van der Waals surface area contributed by atoms with E-state index in [0.717, 1.165) is 12.1 Å². The maximum absolute atomic E-state index is 13.2. The first-order valence-corrected chi connectivity index (χ1v) is 9.16. The molecule has 156 valence electrons. The summed E-state index contributed by atoms with van der Waals surface area (Å²) in [6.07, 6.45) is -4.53. The van der Waals surface area contributed by atoms with Crippen molar-refractivity contribution in [2.24, 2.45) is 0 Å². The zero-order chi connectivity index (χ0) is 20.9. The average molecular weight is 409 g/mol. The number of ether oxygens (including phenoxy) is 1. The summed E-state index contributed by atoms with van der Waals surface area (Å²) in [5.41, 5.74) is 0.356. The van der Waals surface area contributed by atoms with E-state index in [0.29, 0.717) is 37.6 Å². The number of aliphatic hydroxyl groups is 1. The van der Waals surface area contributed by atoms with Gasteiger partial charge in [-0.3, -0.25) is 0 Å². The van der Waals surface area contributed by atoms with Crippen LogP contribution >= 0.6 is 0 Å². The molecule has 3 N–H and O–H groups in total. The highest BCUT2D eigenvalue weighted by Crippen LogP contribution is 2.35. The van der Waals surface area contributed by atoms with Gasteiger partial charge < -0.3 is 25.4 Å². The number of hydrogen-bond acceptors (Lipinski definition) is 4. The fourth-order valence-electron chi connectivity index (χ4n) is 3.13. The number of alkyl halides is 3. The summed E-state index contributed by atoms with van der Waals surface area (Å²) in [7, 11) is 0. The Balaban J connectivity index is 1.82. The molecule has 29 heavy (non-hydrogen) atoms. The molecule has 0 spiro atoms. The van der Waals surface area contributed by atoms with Crippen LogP contribution in [0.25, 0.3) is 0 Å². The number of aliphatic hydroxyl groups excluding tert-OH is 1. The third-order valence-electron chi connectivity index (χ3n) is 4.61. The molecule has 2 aromatic carbocycles. The first-order chi connectivity index (χ1) is 13.9. The molecule has 0 aromatic heterocycles. The Morgan fingerprint density at radius 3 is 2.45 bits per heavy atom. The lowest BCUT2D eigenvalue weighted by atomic mass is 10.1. The van der Waals surface area contributed by atoms with Gasteiger partial charge in [0.1, 0.15) is 0 Å². The van der Waals surface area contributed by atoms with E-state index in [1.54, 1.807) is 30.3 Å². The molecule has 9 heteroatoms. The minimum Gasteiger partial charge on any atom is -0.394 e. The van der Waals surface area contributed by atoms with Gasteiger partial charge in [0.2, 0.25) is 0 Å². The molecule has 0 bridgehead atoms. The van der Waals surface area contributed by atoms with Crippen molar-refractivity contribution in [1.29, 1.82) is 0 Å². The minimum atomic E-state index is -4.53. The van der Waals surface area contributed by atoms with Gasteiger partial charge in [-0.2, -0.15) is 13.2 Å². The number of nitrogens with one attached hydrogen (secondary N) is 2. The van der Waals surface area contributed by atoms with E-state index in [1.807, 2.05) is 4.90 Å². The summed E-state index contributed by atoms with van der Waals surface area (Å²) in [5, 5.41) is 14.7. The Kier molecular flexibility index (Phi) is 6.60. The molecule has 0 saturated carbocycles. The molecule has 1 aliphatic rings. The number of morpholine rings is 1. The van der Waals surface area contributed by atoms with Crippen molar-refractivity contribution < 1.29 is 27.8 Å². The number of halogens is 3. The molecule has 3 rings (SSSR count). The Bertz CT molecular complexity index is 825. The molecule has 1 atom stereocenters. The van der Waals surface area contributed by atoms with Crippen LogP contribution in [0.15, 0.2) is 48.5 Å². The molecule has 1 fully saturated rings. The van der Waals surface area contributed by atoms with Crippen molar-refractivity contribution in [3.8, 4) is 0 Å². The van der Waals surface area contributed by atoms with E-state index < -0.39 is 23.8 Å². The van der Waals surface area contributed by atoms with Crippen LogP contribution in [-0.2, 0) is 10.9 Å². The van der Waals surface area contributed by atoms with E-state index in [1.165, 1.54) is 6.07 Å². The lowest BCUT2D eigenvalue weighted by Crippen LogP contribution is -2.38. The fourth-order valence-corrected chi connectivity index (χ4v) is 3.13. The van der Waals surface area contributed by atoms with Gasteiger partial charge in [0.05, 0.1) is 42.8 Å². The standard InChI is InChI=1S/C20H22F3N3O3/c21-20(22,23)15-6-7-18(26-8-10-29-11-9-26)16(12-15)24-19(28)25-17(13-27)14-4-2-1-3-5-14/h1-7,12,17,27H,8-11,13H2,(H2,24,25,28). The number of anilines is 2. The lowest BCUT2D eigenvalue weighted by molar-refractivity contribution is -0.137. The van der Waals surface area contributed by atoms with E-state index >= 15 is 0 Å². The molecule has 1 aliphatic heterocycles. The van der Waals surface area contributed by atoms with Crippen LogP contribution in [0.5, 0.6) is 0 Å². The maximum atomic E-state index is 13.2. The van der Waals surface area contributed by atoms with E-state index in [2.05, 4.69) is 10.6 Å². The number of rotatable bonds is 5. The molecule has 0 aliphatic carbocycles. The largest absolute Gasteiger partial charge is 0.416 e. The van der Waals surface area contributed by atoms with Crippen molar-refractivity contribution in [2.75, 3.05) is 43.1 Å². The normalized spacial score (nSPS) is 15.7. The number of benzene rings is 2. The summed E-state index contributed by atoms with van der Waals surface area (Å²) in [4.78, 5) is 14.4. The zero-order valence-electron chi connectivity index (χ0n) is 15.6. The topological polar surface area (TPSA) is 73.8 Å². The second-order valence-electron chi connectivity index (χ2n) is 6.57. The van der Waals surface area contributed by atoms with Gasteiger partial charge in [-0.15, -0.1) is 0 Å². The van der Waals surface area contributed by atoms with Gasteiger partial charge in [-0.25, -0.2) is 4.79 Å². The summed E-state index contributed by atoms with van der Waals surface area (Å²) in [5.74, 6) is 0. The predicted octanol–water partition coefficient (Wildman–Crippen LogP) is 3.40. The first kappa shape index (κ1) is 20.9. The third-order valence-corrected chi connectivity index (χ3v) is 4.61. The molecule has 2 aromatic rings. The number of urea groups is 1. The number of carbonyl (C=O) groups excluding carboxylic acids is 1. The van der Waals surface area contributed by atoms with Crippen LogP contribution in [0.1, 0.15) is 17.2 Å². The number of carbonyl (C=O) groups is 1. The van der Waals surface area contributed by atoms with Crippen LogP contribution in [0.4, 0.5) is 29.3 Å². The predicted molar refractivity (Wildman–Crippen MR) is 103 cm³/mol. The molecular weight excluding hydrogens is 387 g/mol. The summed E-state index contributed by atoms with van der Waals surface area (Å²) >= 11 is 0. The van der Waals surface area contributed by atoms with Crippen LogP contribution in [0, 0.1) is 0 Å². The van der Waals surface area contributed by atoms with Crippen LogP contribution < -0.4 is 15.5 Å². The Morgan fingerprint density at radius 1 is 1.14 bits per heavy atom. The van der Waals surface area contributed by atoms with Gasteiger partial charge in [0.25, 0.3) is 0 Å². The highest BCUT2D eigenvalue weighted by Gasteiger charge is 2.32. The maximum Gasteiger partial charge on any atom is 0.416 e. The van der Waals surface area contributed by atoms with Gasteiger partial charge in [0, 0.05) is 13.1 Å². The second kappa shape index (κ2) is 9.15. The van der Waals surface area contributed by atoms with E-state index in [-0.39, 0.29) is 12.3 Å². The van der Waals surface area contributed by atoms with Crippen molar-refractivity contribution in [3.05, 3.63) is 59.7 Å². The highest BCUT2D eigenvalue weighted by molar-refractivity contribution is 5.93. The Labute approximate surface area is 166 Å². The van der Waals surface area contributed by atoms with Crippen LogP contribution in [0.2, 0.25) is 0 Å². The fraction of sp³-hybridized carbons (Fsp3) is 0.350. The van der Waals surface area contributed by atoms with Gasteiger partial charge in [0.15, 0.2) is 0 Å². The molecule has 6 nitrogen and oxygen atoms in total. The SMILES string of the molecule is O=C(Nc1cc(C(F)(F)F)ccc1N1CCOCC1)NC(CO)c1ccccc1. The lowest BCUT2D eigenvalue weighted by Gasteiger charge is -2.31. The molecule has 1 heterocycles. The molecule has 0 radical (unpaired) electrons. The van der Waals surface area contributed by atoms with Crippen LogP contribution in [0.3, 0.4) is 0 Å². The van der Waals surface area contributed by atoms with Crippen LogP contribution in [-0.4, -0.2) is 44.0 Å². The van der Waals surface area contributed by atoms with E-state index in [9.17, 15) is 23.1 Å². The Hall–Kier alpha value is -2.78.